The van der Waals surface area contributed by atoms with Crippen LogP contribution in [0.1, 0.15) is 44.0 Å². The van der Waals surface area contributed by atoms with Gasteiger partial charge < -0.3 is 9.67 Å². The molecular weight excluding hydrogens is 270 g/mol. The topological polar surface area (TPSA) is 69.2 Å². The van der Waals surface area contributed by atoms with E-state index in [4.69, 9.17) is 12.3 Å². The zero-order valence-electron chi connectivity index (χ0n) is 20.8. The summed E-state index contributed by atoms with van der Waals surface area (Å²) < 4.78 is 70.1. The van der Waals surface area contributed by atoms with Crippen LogP contribution in [0.4, 0.5) is 0 Å². The minimum absolute atomic E-state index is 0.0238. The lowest BCUT2D eigenvalue weighted by Gasteiger charge is -2.10. The molecule has 0 amide bonds. The fraction of sp³-hybridized carbons (Fsp3) is 0.600. The summed E-state index contributed by atoms with van der Waals surface area (Å²) in [6.45, 7) is -5.05. The third-order valence-electron chi connectivity index (χ3n) is 3.28. The fourth-order valence-corrected chi connectivity index (χ4v) is 2.38. The molecule has 0 radical (unpaired) electrons. The molecule has 21 heavy (non-hydrogen) atoms. The van der Waals surface area contributed by atoms with Crippen LogP contribution in [0.5, 0.6) is 0 Å². The highest BCUT2D eigenvalue weighted by Gasteiger charge is 2.15. The third kappa shape index (κ3) is 2.81. The van der Waals surface area contributed by atoms with Crippen molar-refractivity contribution in [1.82, 2.24) is 13.7 Å². The summed E-state index contributed by atoms with van der Waals surface area (Å²) >= 11 is 0. The second-order valence-electron chi connectivity index (χ2n) is 4.83. The first-order chi connectivity index (χ1) is 13.3. The highest BCUT2D eigenvalue weighted by atomic mass is 16.3. The van der Waals surface area contributed by atoms with E-state index in [0.29, 0.717) is 14.7 Å². The van der Waals surface area contributed by atoms with Crippen LogP contribution >= 0.6 is 0 Å². The van der Waals surface area contributed by atoms with Crippen LogP contribution in [0.25, 0.3) is 11.0 Å². The monoisotopic (exact) mass is 302 g/mol. The number of aromatic nitrogens is 3. The molecule has 2 heterocycles. The van der Waals surface area contributed by atoms with E-state index >= 15 is 0 Å². The number of hydrogen-bond acceptors (Lipinski definition) is 3. The van der Waals surface area contributed by atoms with Gasteiger partial charge in [0.05, 0.1) is 12.8 Å². The minimum Gasteiger partial charge on any atom is -0.393 e. The number of nitrogens with zero attached hydrogens (tertiary/aromatic N) is 3. The van der Waals surface area contributed by atoms with Crippen LogP contribution in [-0.4, -0.2) is 24.9 Å². The number of rotatable bonds is 5. The standard InChI is InChI=1S/C15H23N3O3/c1-10-9-16(3)13-12(10)14(20)18(15(21)17(13)4)8-6-5-7-11(2)19/h9,11,19H,5-8H2,1-4H3/i2D3,4D3,7D2,11D. The molecule has 6 heteroatoms. The number of aryl methyl sites for hydroxylation is 3. The van der Waals surface area contributed by atoms with Crippen molar-refractivity contribution in [3.05, 3.63) is 32.6 Å². The summed E-state index contributed by atoms with van der Waals surface area (Å²) in [5.74, 6) is 0. The summed E-state index contributed by atoms with van der Waals surface area (Å²) in [7, 11) is 1.50. The zero-order valence-corrected chi connectivity index (χ0v) is 11.8. The van der Waals surface area contributed by atoms with Gasteiger partial charge in [0.1, 0.15) is 5.65 Å². The summed E-state index contributed by atoms with van der Waals surface area (Å²) in [4.78, 5) is 25.7. The maximum atomic E-state index is 12.9. The molecule has 116 valence electrons. The van der Waals surface area contributed by atoms with Crippen LogP contribution in [0.2, 0.25) is 0 Å². The Bertz CT molecular complexity index is 1070. The van der Waals surface area contributed by atoms with Crippen molar-refractivity contribution in [2.45, 2.75) is 45.6 Å². The predicted molar refractivity (Wildman–Crippen MR) is 82.7 cm³/mol. The van der Waals surface area contributed by atoms with Gasteiger partial charge in [0.2, 0.25) is 0 Å². The molecule has 0 aliphatic heterocycles. The van der Waals surface area contributed by atoms with E-state index in [1.54, 1.807) is 6.92 Å². The Morgan fingerprint density at radius 1 is 1.48 bits per heavy atom. The van der Waals surface area contributed by atoms with Gasteiger partial charge in [-0.25, -0.2) is 4.79 Å². The van der Waals surface area contributed by atoms with E-state index in [1.807, 2.05) is 0 Å². The van der Waals surface area contributed by atoms with Crippen molar-refractivity contribution in [3.8, 4) is 0 Å². The minimum atomic E-state index is -3.40. The second-order valence-corrected chi connectivity index (χ2v) is 4.83. The third-order valence-corrected chi connectivity index (χ3v) is 3.28. The van der Waals surface area contributed by atoms with Crippen molar-refractivity contribution in [1.29, 1.82) is 0 Å². The molecule has 0 fully saturated rings. The van der Waals surface area contributed by atoms with Gasteiger partial charge in [0.15, 0.2) is 0 Å². The van der Waals surface area contributed by atoms with E-state index in [9.17, 15) is 14.7 Å². The lowest BCUT2D eigenvalue weighted by Crippen LogP contribution is -2.39. The van der Waals surface area contributed by atoms with Gasteiger partial charge in [-0.3, -0.25) is 13.9 Å². The lowest BCUT2D eigenvalue weighted by atomic mass is 10.2. The molecule has 2 aromatic rings. The molecule has 0 aromatic carbocycles. The molecule has 2 aromatic heterocycles. The van der Waals surface area contributed by atoms with E-state index in [2.05, 4.69) is 0 Å². The summed E-state index contributed by atoms with van der Waals surface area (Å²) in [6.07, 6.45) is -5.72. The number of hydrogen-bond donors (Lipinski definition) is 1. The average Bonchev–Trinajstić information content (AvgIpc) is 2.82. The van der Waals surface area contributed by atoms with E-state index in [1.165, 1.54) is 17.8 Å². The molecule has 1 unspecified atom stereocenters. The number of aliphatic hydroxyl groups is 1. The smallest absolute Gasteiger partial charge is 0.332 e. The van der Waals surface area contributed by atoms with Gasteiger partial charge in [0, 0.05) is 37.7 Å². The molecule has 0 saturated carbocycles. The Morgan fingerprint density at radius 2 is 2.24 bits per heavy atom. The first-order valence-corrected chi connectivity index (χ1v) is 6.39. The maximum Gasteiger partial charge on any atom is 0.332 e. The van der Waals surface area contributed by atoms with Gasteiger partial charge >= 0.3 is 5.69 Å². The Labute approximate surface area is 135 Å². The van der Waals surface area contributed by atoms with Crippen LogP contribution in [0.3, 0.4) is 0 Å². The quantitative estimate of drug-likeness (QED) is 0.892. The van der Waals surface area contributed by atoms with Crippen molar-refractivity contribution in [3.63, 3.8) is 0 Å². The van der Waals surface area contributed by atoms with Crippen LogP contribution < -0.4 is 11.2 Å². The van der Waals surface area contributed by atoms with Gasteiger partial charge in [-0.15, -0.1) is 0 Å². The van der Waals surface area contributed by atoms with Gasteiger partial charge in [-0.1, -0.05) is 0 Å². The fourth-order valence-electron chi connectivity index (χ4n) is 2.38. The Balaban J connectivity index is 2.51. The molecule has 0 saturated heterocycles. The molecule has 0 aliphatic carbocycles. The maximum absolute atomic E-state index is 12.9. The lowest BCUT2D eigenvalue weighted by molar-refractivity contribution is 0.180. The van der Waals surface area contributed by atoms with Gasteiger partial charge in [-0.2, -0.15) is 0 Å². The largest absolute Gasteiger partial charge is 0.393 e. The molecule has 1 N–H and O–H groups in total. The first-order valence-electron chi connectivity index (χ1n) is 10.9. The second kappa shape index (κ2) is 5.89. The molecule has 2 rings (SSSR count). The Hall–Kier alpha value is -1.82. The zero-order chi connectivity index (χ0) is 23.4. The van der Waals surface area contributed by atoms with E-state index < -0.39 is 50.5 Å². The van der Waals surface area contributed by atoms with Crippen molar-refractivity contribution >= 4 is 11.0 Å². The number of fused-ring (bicyclic) bond motifs is 1. The van der Waals surface area contributed by atoms with E-state index in [-0.39, 0.29) is 17.5 Å². The molecule has 6 nitrogen and oxygen atoms in total. The van der Waals surface area contributed by atoms with Crippen molar-refractivity contribution in [2.75, 3.05) is 0 Å². The van der Waals surface area contributed by atoms with Crippen LogP contribution in [0.15, 0.2) is 15.8 Å². The predicted octanol–water partition coefficient (Wildman–Crippen LogP) is 0.898. The Morgan fingerprint density at radius 3 is 2.90 bits per heavy atom. The van der Waals surface area contributed by atoms with Crippen LogP contribution in [0, 0.1) is 6.92 Å². The normalized spacial score (nSPS) is 22.7. The summed E-state index contributed by atoms with van der Waals surface area (Å²) in [6, 6.07) is 0. The highest BCUT2D eigenvalue weighted by Crippen LogP contribution is 2.14. The van der Waals surface area contributed by atoms with Crippen LogP contribution in [-0.2, 0) is 20.6 Å². The van der Waals surface area contributed by atoms with E-state index in [0.717, 1.165) is 0 Å². The molecule has 0 aliphatic rings. The van der Waals surface area contributed by atoms with Gasteiger partial charge in [-0.05, 0) is 38.6 Å². The molecule has 0 spiro atoms. The first kappa shape index (κ1) is 7.45. The SMILES string of the molecule is [2H]C([2H])([2H])n1c(=O)n(CCCC([2H])([2H])C([2H])(O)C([2H])([2H])[2H])c(=O)c2c(C)cn(C)c21. The van der Waals surface area contributed by atoms with Crippen molar-refractivity contribution in [2.24, 2.45) is 14.0 Å². The highest BCUT2D eigenvalue weighted by molar-refractivity contribution is 5.79. The molecule has 1 atom stereocenters. The average molecular weight is 302 g/mol. The Kier molecular flexibility index (Phi) is 2.09. The summed E-state index contributed by atoms with van der Waals surface area (Å²) in [5, 5.41) is 9.86. The summed E-state index contributed by atoms with van der Waals surface area (Å²) in [5.41, 5.74) is -1.50. The van der Waals surface area contributed by atoms with Gasteiger partial charge in [0.25, 0.3) is 5.56 Å². The van der Waals surface area contributed by atoms with Crippen molar-refractivity contribution < 1.29 is 17.4 Å². The molecule has 0 bridgehead atoms. The molecular formula is C15H23N3O3.